The number of hydrogen-bond acceptors (Lipinski definition) is 5. The molecule has 110 valence electrons. The molecule has 0 bridgehead atoms. The Balaban J connectivity index is 1.96. The normalized spacial score (nSPS) is 14.4. The number of carbonyl (C=O) groups is 1. The van der Waals surface area contributed by atoms with Crippen molar-refractivity contribution in [3.63, 3.8) is 0 Å². The first-order chi connectivity index (χ1) is 10.2. The van der Waals surface area contributed by atoms with Gasteiger partial charge in [-0.25, -0.2) is 0 Å². The summed E-state index contributed by atoms with van der Waals surface area (Å²) in [5, 5.41) is 3.51. The van der Waals surface area contributed by atoms with Crippen LogP contribution in [0.2, 0.25) is 0 Å². The van der Waals surface area contributed by atoms with Crippen LogP contribution in [0.15, 0.2) is 24.3 Å². The number of fused-ring (bicyclic) bond motifs is 1. The van der Waals surface area contributed by atoms with Crippen molar-refractivity contribution >= 4 is 28.3 Å². The molecule has 2 heterocycles. The second kappa shape index (κ2) is 5.73. The van der Waals surface area contributed by atoms with Gasteiger partial charge < -0.3 is 16.0 Å². The number of nitrogens with zero attached hydrogens (tertiary/aromatic N) is 2. The molecule has 1 aromatic heterocycles. The molecule has 0 aliphatic carbocycles. The molecular formula is C15H18N4OS. The van der Waals surface area contributed by atoms with E-state index in [1.54, 1.807) is 7.05 Å². The number of aromatic nitrogens is 1. The number of nitrogens with one attached hydrogen (secondary N) is 1. The number of hydrogen-bond donors (Lipinski definition) is 2. The maximum absolute atomic E-state index is 12.0. The van der Waals surface area contributed by atoms with Crippen LogP contribution in [-0.4, -0.2) is 23.9 Å². The van der Waals surface area contributed by atoms with Crippen molar-refractivity contribution in [1.29, 1.82) is 0 Å². The smallest absolute Gasteiger partial charge is 0.257 e. The van der Waals surface area contributed by atoms with Crippen molar-refractivity contribution in [2.45, 2.75) is 19.4 Å². The van der Waals surface area contributed by atoms with E-state index in [4.69, 9.17) is 5.73 Å². The summed E-state index contributed by atoms with van der Waals surface area (Å²) < 4.78 is 4.16. The Morgan fingerprint density at radius 2 is 2.14 bits per heavy atom. The van der Waals surface area contributed by atoms with E-state index in [1.807, 2.05) is 0 Å². The van der Waals surface area contributed by atoms with Crippen LogP contribution in [0.5, 0.6) is 0 Å². The summed E-state index contributed by atoms with van der Waals surface area (Å²) in [6.45, 7) is 1.70. The lowest BCUT2D eigenvalue weighted by molar-refractivity contribution is 0.0964. The molecule has 6 heteroatoms. The molecule has 1 aliphatic heterocycles. The van der Waals surface area contributed by atoms with Crippen molar-refractivity contribution < 1.29 is 4.79 Å². The van der Waals surface area contributed by atoms with E-state index in [0.29, 0.717) is 11.4 Å². The molecule has 21 heavy (non-hydrogen) atoms. The highest BCUT2D eigenvalue weighted by molar-refractivity contribution is 7.11. The van der Waals surface area contributed by atoms with Gasteiger partial charge in [0.2, 0.25) is 0 Å². The predicted octanol–water partition coefficient (Wildman–Crippen LogP) is 2.04. The minimum absolute atomic E-state index is 0.172. The zero-order valence-electron chi connectivity index (χ0n) is 11.9. The fourth-order valence-electron chi connectivity index (χ4n) is 2.72. The highest BCUT2D eigenvalue weighted by Crippen LogP contribution is 2.33. The number of amides is 1. The Labute approximate surface area is 127 Å². The van der Waals surface area contributed by atoms with Crippen molar-refractivity contribution in [2.75, 3.05) is 24.2 Å². The Hall–Kier alpha value is -2.08. The standard InChI is InChI=1S/C15H18N4OS/c1-17-14(20)12-13(16)18-21-15(12)19-8-4-7-10-5-2-3-6-11(10)9-19/h2-3,5-6H,4,7-9H2,1H3,(H2,16,18)(H,17,20). The summed E-state index contributed by atoms with van der Waals surface area (Å²) in [5.74, 6) is 0.140. The number of anilines is 2. The zero-order chi connectivity index (χ0) is 14.8. The van der Waals surface area contributed by atoms with Gasteiger partial charge in [0, 0.05) is 20.1 Å². The van der Waals surface area contributed by atoms with Crippen LogP contribution in [0.1, 0.15) is 27.9 Å². The number of benzene rings is 1. The van der Waals surface area contributed by atoms with Gasteiger partial charge in [-0.1, -0.05) is 24.3 Å². The summed E-state index contributed by atoms with van der Waals surface area (Å²) in [6.07, 6.45) is 2.12. The van der Waals surface area contributed by atoms with Gasteiger partial charge in [-0.05, 0) is 35.5 Å². The molecule has 0 saturated carbocycles. The molecule has 0 spiro atoms. The van der Waals surface area contributed by atoms with E-state index in [0.717, 1.165) is 30.9 Å². The van der Waals surface area contributed by atoms with Crippen molar-refractivity contribution in [3.8, 4) is 0 Å². The molecular weight excluding hydrogens is 284 g/mol. The molecule has 1 aliphatic rings. The Morgan fingerprint density at radius 3 is 2.90 bits per heavy atom. The monoisotopic (exact) mass is 302 g/mol. The van der Waals surface area contributed by atoms with E-state index in [-0.39, 0.29) is 5.91 Å². The first-order valence-corrected chi connectivity index (χ1v) is 7.77. The summed E-state index contributed by atoms with van der Waals surface area (Å²) in [5.41, 5.74) is 9.07. The van der Waals surface area contributed by atoms with Crippen LogP contribution in [0.25, 0.3) is 0 Å². The first kappa shape index (κ1) is 13.9. The van der Waals surface area contributed by atoms with Crippen LogP contribution in [-0.2, 0) is 13.0 Å². The van der Waals surface area contributed by atoms with Gasteiger partial charge in [-0.3, -0.25) is 4.79 Å². The van der Waals surface area contributed by atoms with Crippen molar-refractivity contribution in [3.05, 3.63) is 41.0 Å². The lowest BCUT2D eigenvalue weighted by Gasteiger charge is -2.22. The highest BCUT2D eigenvalue weighted by Gasteiger charge is 2.24. The number of aryl methyl sites for hydroxylation is 1. The molecule has 0 fully saturated rings. The molecule has 3 N–H and O–H groups in total. The van der Waals surface area contributed by atoms with Gasteiger partial charge >= 0.3 is 0 Å². The van der Waals surface area contributed by atoms with Crippen LogP contribution >= 0.6 is 11.5 Å². The highest BCUT2D eigenvalue weighted by atomic mass is 32.1. The minimum atomic E-state index is -0.172. The summed E-state index contributed by atoms with van der Waals surface area (Å²) >= 11 is 1.30. The zero-order valence-corrected chi connectivity index (χ0v) is 12.7. The van der Waals surface area contributed by atoms with Crippen LogP contribution in [0.4, 0.5) is 10.8 Å². The van der Waals surface area contributed by atoms with Crippen molar-refractivity contribution in [2.24, 2.45) is 0 Å². The third-order valence-corrected chi connectivity index (χ3v) is 4.72. The number of carbonyl (C=O) groups excluding carboxylic acids is 1. The fraction of sp³-hybridized carbons (Fsp3) is 0.333. The Morgan fingerprint density at radius 1 is 1.38 bits per heavy atom. The quantitative estimate of drug-likeness (QED) is 0.890. The van der Waals surface area contributed by atoms with E-state index in [9.17, 15) is 4.79 Å². The minimum Gasteiger partial charge on any atom is -0.382 e. The molecule has 0 saturated heterocycles. The second-order valence-corrected chi connectivity index (χ2v) is 5.87. The van der Waals surface area contributed by atoms with Crippen LogP contribution in [0, 0.1) is 0 Å². The van der Waals surface area contributed by atoms with E-state index < -0.39 is 0 Å². The molecule has 5 nitrogen and oxygen atoms in total. The molecule has 0 radical (unpaired) electrons. The second-order valence-electron chi connectivity index (χ2n) is 5.12. The lowest BCUT2D eigenvalue weighted by Crippen LogP contribution is -2.26. The van der Waals surface area contributed by atoms with Crippen LogP contribution < -0.4 is 16.0 Å². The maximum Gasteiger partial charge on any atom is 0.257 e. The summed E-state index contributed by atoms with van der Waals surface area (Å²) in [6, 6.07) is 8.47. The van der Waals surface area contributed by atoms with Gasteiger partial charge in [0.25, 0.3) is 5.91 Å². The third kappa shape index (κ3) is 2.58. The summed E-state index contributed by atoms with van der Waals surface area (Å²) in [7, 11) is 1.61. The number of nitrogen functional groups attached to an aromatic ring is 1. The SMILES string of the molecule is CNC(=O)c1c(N)nsc1N1CCCc2ccccc2C1. The van der Waals surface area contributed by atoms with Gasteiger partial charge in [0.05, 0.1) is 0 Å². The molecule has 1 amide bonds. The topological polar surface area (TPSA) is 71.2 Å². The Kier molecular flexibility index (Phi) is 3.79. The number of nitrogens with two attached hydrogens (primary N) is 1. The molecule has 2 aromatic rings. The predicted molar refractivity (Wildman–Crippen MR) is 85.7 cm³/mol. The van der Waals surface area contributed by atoms with Gasteiger partial charge in [-0.2, -0.15) is 4.37 Å². The molecule has 3 rings (SSSR count). The van der Waals surface area contributed by atoms with E-state index in [1.165, 1.54) is 22.7 Å². The van der Waals surface area contributed by atoms with E-state index in [2.05, 4.69) is 38.9 Å². The fourth-order valence-corrected chi connectivity index (χ4v) is 3.56. The lowest BCUT2D eigenvalue weighted by atomic mass is 10.0. The van der Waals surface area contributed by atoms with Crippen LogP contribution in [0.3, 0.4) is 0 Å². The van der Waals surface area contributed by atoms with Gasteiger partial charge in [0.15, 0.2) is 5.82 Å². The average molecular weight is 302 g/mol. The van der Waals surface area contributed by atoms with E-state index >= 15 is 0 Å². The Bertz CT molecular complexity index is 667. The molecule has 0 unspecified atom stereocenters. The largest absolute Gasteiger partial charge is 0.382 e. The maximum atomic E-state index is 12.0. The van der Waals surface area contributed by atoms with Gasteiger partial charge in [0.1, 0.15) is 10.6 Å². The van der Waals surface area contributed by atoms with Gasteiger partial charge in [-0.15, -0.1) is 0 Å². The summed E-state index contributed by atoms with van der Waals surface area (Å²) in [4.78, 5) is 14.3. The first-order valence-electron chi connectivity index (χ1n) is 6.99. The molecule has 0 atom stereocenters. The number of rotatable bonds is 2. The third-order valence-electron chi connectivity index (χ3n) is 3.80. The van der Waals surface area contributed by atoms with Crippen molar-refractivity contribution in [1.82, 2.24) is 9.69 Å². The average Bonchev–Trinajstić information content (AvgIpc) is 2.76. The molecule has 1 aromatic carbocycles.